The molecule has 0 aromatic rings. The van der Waals surface area contributed by atoms with Crippen molar-refractivity contribution in [1.82, 2.24) is 0 Å². The van der Waals surface area contributed by atoms with Crippen molar-refractivity contribution in [3.63, 3.8) is 0 Å². The van der Waals surface area contributed by atoms with Gasteiger partial charge in [0.25, 0.3) is 0 Å². The first-order chi connectivity index (χ1) is 9.72. The van der Waals surface area contributed by atoms with Crippen molar-refractivity contribution in [2.75, 3.05) is 0 Å². The Morgan fingerprint density at radius 1 is 0.739 bits per heavy atom. The summed E-state index contributed by atoms with van der Waals surface area (Å²) in [6, 6.07) is 0. The van der Waals surface area contributed by atoms with Crippen LogP contribution in [0.1, 0.15) is 54.4 Å². The Morgan fingerprint density at radius 3 is 0.870 bits per heavy atom. The molecule has 8 nitrogen and oxygen atoms in total. The van der Waals surface area contributed by atoms with Crippen molar-refractivity contribution in [2.45, 2.75) is 66.6 Å². The molecule has 0 aliphatic carbocycles. The monoisotopic (exact) mass is 370 g/mol. The molecule has 0 aliphatic heterocycles. The van der Waals surface area contributed by atoms with E-state index in [4.69, 9.17) is 10.2 Å². The van der Waals surface area contributed by atoms with Crippen LogP contribution >= 0.6 is 0 Å². The molecule has 0 aromatic carbocycles. The maximum absolute atomic E-state index is 9.83. The molecule has 0 aliphatic rings. The number of carbonyl (C=O) groups excluding carboxylic acids is 4. The molecule has 2 N–H and O–H groups in total. The summed E-state index contributed by atoms with van der Waals surface area (Å²) in [6.07, 6.45) is -1.28. The molecule has 0 rings (SSSR count). The first kappa shape index (κ1) is 33.5. The fourth-order valence-electron chi connectivity index (χ4n) is 0.407. The number of carbonyl (C=O) groups is 4. The first-order valence-electron chi connectivity index (χ1n) is 6.46. The summed E-state index contributed by atoms with van der Waals surface area (Å²) in [5.74, 6) is -3.37. The van der Waals surface area contributed by atoms with Gasteiger partial charge in [-0.3, -0.25) is 9.59 Å². The van der Waals surface area contributed by atoms with E-state index >= 15 is 0 Å². The predicted molar refractivity (Wildman–Crippen MR) is 75.3 cm³/mol. The zero-order valence-electron chi connectivity index (χ0n) is 14.4. The van der Waals surface area contributed by atoms with Gasteiger partial charge in [-0.15, -0.1) is 0 Å². The predicted octanol–water partition coefficient (Wildman–Crippen LogP) is -1.80. The Morgan fingerprint density at radius 2 is 0.870 bits per heavy atom. The van der Waals surface area contributed by atoms with Crippen LogP contribution in [0.25, 0.3) is 0 Å². The van der Waals surface area contributed by atoms with Crippen LogP contribution in [0.15, 0.2) is 0 Å². The maximum Gasteiger partial charge on any atom is 2.00 e. The van der Waals surface area contributed by atoms with Crippen LogP contribution in [0, 0.1) is 0 Å². The van der Waals surface area contributed by atoms with Crippen LogP contribution in [0.4, 0.5) is 0 Å². The van der Waals surface area contributed by atoms with Gasteiger partial charge in [-0.05, 0) is 41.5 Å². The standard InChI is InChI=1S/2C4H6O3.2C3H8O.Ti/c2*1-3(5)2-4(6)7;2*1-3(2)4;/h2*2H2,1H3,(H,6,7);2*3-4H,1-2H3;/q;;;;+2/p-2. The van der Waals surface area contributed by atoms with E-state index in [0.29, 0.717) is 0 Å². The average molecular weight is 370 g/mol. The topological polar surface area (TPSA) is 155 Å². The van der Waals surface area contributed by atoms with Gasteiger partial charge in [-0.2, -0.15) is 0 Å². The second-order valence-corrected chi connectivity index (χ2v) is 4.69. The molecule has 0 aromatic heterocycles. The summed E-state index contributed by atoms with van der Waals surface area (Å²) in [5.41, 5.74) is 0. The number of rotatable bonds is 4. The minimum atomic E-state index is -1.31. The van der Waals surface area contributed by atoms with E-state index in [1.807, 2.05) is 0 Å². The molecule has 134 valence electrons. The first-order valence-corrected chi connectivity index (χ1v) is 6.46. The van der Waals surface area contributed by atoms with Gasteiger partial charge < -0.3 is 30.0 Å². The zero-order chi connectivity index (χ0) is 18.9. The Bertz CT molecular complexity index is 265. The van der Waals surface area contributed by atoms with Gasteiger partial charge in [-0.25, -0.2) is 0 Å². The Labute approximate surface area is 151 Å². The number of aliphatic hydroxyl groups is 2. The fourth-order valence-corrected chi connectivity index (χ4v) is 0.407. The summed E-state index contributed by atoms with van der Waals surface area (Å²) in [6.45, 7) is 9.30. The fraction of sp³-hybridized carbons (Fsp3) is 0.714. The number of carboxylic acid groups (broad SMARTS) is 2. The molecule has 0 heterocycles. The molecule has 0 atom stereocenters. The molecule has 9 heteroatoms. The minimum Gasteiger partial charge on any atom is -0.550 e. The summed E-state index contributed by atoms with van der Waals surface area (Å²) in [7, 11) is 0. The molecule has 23 heavy (non-hydrogen) atoms. The van der Waals surface area contributed by atoms with Gasteiger partial charge in [0.2, 0.25) is 0 Å². The van der Waals surface area contributed by atoms with Gasteiger partial charge in [0, 0.05) is 37.0 Å². The third kappa shape index (κ3) is 157. The molecule has 0 bridgehead atoms. The van der Waals surface area contributed by atoms with E-state index in [1.165, 1.54) is 13.8 Å². The smallest absolute Gasteiger partial charge is 0.550 e. The van der Waals surface area contributed by atoms with Crippen LogP contribution in [0.5, 0.6) is 0 Å². The molecule has 0 radical (unpaired) electrons. The van der Waals surface area contributed by atoms with Gasteiger partial charge >= 0.3 is 21.7 Å². The van der Waals surface area contributed by atoms with E-state index in [1.54, 1.807) is 27.7 Å². The number of Topliss-reactive ketones (excluding diaryl/α,β-unsaturated/α-hetero) is 2. The van der Waals surface area contributed by atoms with Gasteiger partial charge in [-0.1, -0.05) is 0 Å². The number of aliphatic hydroxyl groups excluding tert-OH is 2. The minimum absolute atomic E-state index is 0. The molecule has 0 fully saturated rings. The largest absolute Gasteiger partial charge is 2.00 e. The van der Waals surface area contributed by atoms with Crippen molar-refractivity contribution in [3.05, 3.63) is 0 Å². The van der Waals surface area contributed by atoms with Crippen LogP contribution < -0.4 is 10.2 Å². The summed E-state index contributed by atoms with van der Waals surface area (Å²) >= 11 is 0. The second-order valence-electron chi connectivity index (χ2n) is 4.69. The number of hydrogen-bond acceptors (Lipinski definition) is 8. The van der Waals surface area contributed by atoms with E-state index in [0.717, 1.165) is 0 Å². The quantitative estimate of drug-likeness (QED) is 0.434. The van der Waals surface area contributed by atoms with Crippen molar-refractivity contribution in [1.29, 1.82) is 0 Å². The van der Waals surface area contributed by atoms with E-state index in [2.05, 4.69) is 0 Å². The van der Waals surface area contributed by atoms with Crippen LogP contribution in [0.2, 0.25) is 0 Å². The normalized spacial score (nSPS) is 8.09. The average Bonchev–Trinajstić information content (AvgIpc) is 2.10. The molecule has 0 unspecified atom stereocenters. The van der Waals surface area contributed by atoms with Crippen molar-refractivity contribution in [3.8, 4) is 0 Å². The van der Waals surface area contributed by atoms with Crippen LogP contribution in [-0.2, 0) is 40.9 Å². The molecular formula is C14H26O8Ti. The molecule has 0 saturated heterocycles. The van der Waals surface area contributed by atoms with Gasteiger partial charge in [0.05, 0.1) is 0 Å². The van der Waals surface area contributed by atoms with Crippen LogP contribution in [-0.4, -0.2) is 45.9 Å². The van der Waals surface area contributed by atoms with E-state index < -0.39 is 24.8 Å². The summed E-state index contributed by atoms with van der Waals surface area (Å²) < 4.78 is 0. The Balaban J connectivity index is -0.0000000639. The second kappa shape index (κ2) is 23.2. The Hall–Kier alpha value is -1.09. The number of hydrogen-bond donors (Lipinski definition) is 2. The third-order valence-corrected chi connectivity index (χ3v) is 0.787. The maximum atomic E-state index is 9.83. The van der Waals surface area contributed by atoms with Gasteiger partial charge in [0.15, 0.2) is 0 Å². The SMILES string of the molecule is CC(=O)CC(=O)[O-].CC(=O)CC(=O)[O-].CC(C)O.CC(C)O.[Ti+2]. The molecule has 0 saturated carbocycles. The zero-order valence-corrected chi connectivity index (χ0v) is 16.0. The third-order valence-electron chi connectivity index (χ3n) is 0.787. The van der Waals surface area contributed by atoms with Gasteiger partial charge in [0.1, 0.15) is 11.6 Å². The molecule has 0 spiro atoms. The van der Waals surface area contributed by atoms with E-state index in [9.17, 15) is 29.4 Å². The molecule has 0 amide bonds. The summed E-state index contributed by atoms with van der Waals surface area (Å²) in [5, 5.41) is 35.1. The van der Waals surface area contributed by atoms with Crippen LogP contribution in [0.3, 0.4) is 0 Å². The molecular weight excluding hydrogens is 344 g/mol. The summed E-state index contributed by atoms with van der Waals surface area (Å²) in [4.78, 5) is 38.6. The number of ketones is 2. The number of aliphatic carboxylic acids is 2. The van der Waals surface area contributed by atoms with Crippen molar-refractivity contribution < 1.29 is 61.3 Å². The Kier molecular flexibility index (Phi) is 33.8. The van der Waals surface area contributed by atoms with Crippen molar-refractivity contribution in [2.24, 2.45) is 0 Å². The van der Waals surface area contributed by atoms with Crippen molar-refractivity contribution >= 4 is 23.5 Å². The number of carboxylic acids is 2. The van der Waals surface area contributed by atoms with E-state index in [-0.39, 0.29) is 45.5 Å².